The minimum atomic E-state index is 0.812. The first-order valence-electron chi connectivity index (χ1n) is 5.89. The van der Waals surface area contributed by atoms with Gasteiger partial charge >= 0.3 is 0 Å². The lowest BCUT2D eigenvalue weighted by Crippen LogP contribution is -2.39. The highest BCUT2D eigenvalue weighted by molar-refractivity contribution is 5.82. The molecule has 3 N–H and O–H groups in total. The third kappa shape index (κ3) is 1.53. The van der Waals surface area contributed by atoms with Crippen molar-refractivity contribution in [3.8, 4) is 0 Å². The molecule has 1 saturated carbocycles. The van der Waals surface area contributed by atoms with Gasteiger partial charge in [0.2, 0.25) is 0 Å². The second-order valence-corrected chi connectivity index (χ2v) is 4.84. The lowest BCUT2D eigenvalue weighted by atomic mass is 9.65. The molecule has 2 aliphatic carbocycles. The summed E-state index contributed by atoms with van der Waals surface area (Å²) in [5.74, 6) is 3.65. The zero-order valence-electron chi connectivity index (χ0n) is 9.09. The van der Waals surface area contributed by atoms with Crippen LogP contribution >= 0.6 is 0 Å². The van der Waals surface area contributed by atoms with Gasteiger partial charge in [-0.3, -0.25) is 5.43 Å². The zero-order valence-corrected chi connectivity index (χ0v) is 9.09. The Balaban J connectivity index is 1.59. The highest BCUT2D eigenvalue weighted by Crippen LogP contribution is 2.51. The van der Waals surface area contributed by atoms with E-state index in [2.05, 4.69) is 34.6 Å². The van der Waals surface area contributed by atoms with Crippen molar-refractivity contribution in [2.45, 2.75) is 32.6 Å². The van der Waals surface area contributed by atoms with Crippen molar-refractivity contribution in [1.82, 2.24) is 16.5 Å². The topological polar surface area (TPSA) is 48.5 Å². The summed E-state index contributed by atoms with van der Waals surface area (Å²) in [7, 11) is 0. The minimum absolute atomic E-state index is 0.812. The third-order valence-corrected chi connectivity index (χ3v) is 4.01. The van der Waals surface area contributed by atoms with Gasteiger partial charge in [-0.05, 0) is 37.0 Å². The lowest BCUT2D eigenvalue weighted by molar-refractivity contribution is 0.135. The van der Waals surface area contributed by atoms with Gasteiger partial charge in [0.15, 0.2) is 0 Å². The molecule has 1 fully saturated rings. The summed E-state index contributed by atoms with van der Waals surface area (Å²) < 4.78 is 0. The number of fused-ring (bicyclic) bond motifs is 1. The van der Waals surface area contributed by atoms with Crippen LogP contribution in [0.25, 0.3) is 0 Å². The van der Waals surface area contributed by atoms with E-state index in [0.717, 1.165) is 30.0 Å². The number of hydrogen-bond acceptors (Lipinski definition) is 4. The fraction of sp³-hybridized carbons (Fsp3) is 0.727. The van der Waals surface area contributed by atoms with Crippen molar-refractivity contribution in [2.75, 3.05) is 0 Å². The Morgan fingerprint density at radius 3 is 3.20 bits per heavy atom. The molecule has 3 atom stereocenters. The van der Waals surface area contributed by atoms with Gasteiger partial charge in [-0.1, -0.05) is 18.6 Å². The van der Waals surface area contributed by atoms with E-state index in [9.17, 15) is 0 Å². The summed E-state index contributed by atoms with van der Waals surface area (Å²) in [6, 6.07) is 0. The number of hydrazone groups is 1. The first-order valence-corrected chi connectivity index (χ1v) is 5.89. The fourth-order valence-corrected chi connectivity index (χ4v) is 3.11. The van der Waals surface area contributed by atoms with Crippen molar-refractivity contribution in [1.29, 1.82) is 0 Å². The van der Waals surface area contributed by atoms with Crippen LogP contribution in [0.1, 0.15) is 32.6 Å². The fourth-order valence-electron chi connectivity index (χ4n) is 3.11. The molecule has 4 nitrogen and oxygen atoms in total. The molecule has 0 aromatic carbocycles. The van der Waals surface area contributed by atoms with Gasteiger partial charge in [-0.15, -0.1) is 10.6 Å². The number of amidine groups is 1. The molecular formula is C11H18N4. The molecular weight excluding hydrogens is 188 g/mol. The summed E-state index contributed by atoms with van der Waals surface area (Å²) >= 11 is 0. The van der Waals surface area contributed by atoms with Crippen molar-refractivity contribution in [2.24, 2.45) is 22.9 Å². The van der Waals surface area contributed by atoms with Gasteiger partial charge in [0.05, 0.1) is 0 Å². The monoisotopic (exact) mass is 206 g/mol. The summed E-state index contributed by atoms with van der Waals surface area (Å²) in [6.07, 6.45) is 7.57. The molecule has 82 valence electrons. The molecule has 0 amide bonds. The molecule has 4 heteroatoms. The number of hydrazine groups is 2. The van der Waals surface area contributed by atoms with E-state index in [1.807, 2.05) is 0 Å². The van der Waals surface area contributed by atoms with E-state index in [-0.39, 0.29) is 0 Å². The molecule has 1 aliphatic heterocycles. The van der Waals surface area contributed by atoms with E-state index in [4.69, 9.17) is 0 Å². The van der Waals surface area contributed by atoms with Crippen molar-refractivity contribution >= 4 is 5.84 Å². The summed E-state index contributed by atoms with van der Waals surface area (Å²) in [5.41, 5.74) is 10.2. The molecule has 0 aromatic rings. The molecule has 0 radical (unpaired) electrons. The predicted octanol–water partition coefficient (Wildman–Crippen LogP) is 1.29. The maximum atomic E-state index is 4.13. The van der Waals surface area contributed by atoms with Gasteiger partial charge in [0.25, 0.3) is 0 Å². The average molecular weight is 206 g/mol. The molecule has 3 aliphatic rings. The van der Waals surface area contributed by atoms with Gasteiger partial charge in [0.1, 0.15) is 5.84 Å². The van der Waals surface area contributed by atoms with Crippen LogP contribution in [0, 0.1) is 17.8 Å². The van der Waals surface area contributed by atoms with Gasteiger partial charge in [-0.2, -0.15) is 0 Å². The number of hydrogen-bond donors (Lipinski definition) is 3. The number of nitrogens with one attached hydrogen (secondary N) is 3. The highest BCUT2D eigenvalue weighted by atomic mass is 15.8. The molecule has 0 spiro atoms. The third-order valence-electron chi connectivity index (χ3n) is 4.01. The second-order valence-electron chi connectivity index (χ2n) is 4.84. The molecule has 1 heterocycles. The van der Waals surface area contributed by atoms with Crippen LogP contribution in [-0.2, 0) is 0 Å². The van der Waals surface area contributed by atoms with E-state index in [1.54, 1.807) is 5.57 Å². The van der Waals surface area contributed by atoms with Crippen LogP contribution in [0.2, 0.25) is 0 Å². The lowest BCUT2D eigenvalue weighted by Gasteiger charge is -2.40. The van der Waals surface area contributed by atoms with Crippen molar-refractivity contribution in [3.05, 3.63) is 11.6 Å². The Bertz CT molecular complexity index is 321. The Morgan fingerprint density at radius 2 is 2.47 bits per heavy atom. The SMILES string of the molecule is CCC1=CC2C(C1)CC2CC1=NNNN1. The maximum absolute atomic E-state index is 4.13. The van der Waals surface area contributed by atoms with Gasteiger partial charge in [0, 0.05) is 6.42 Å². The van der Waals surface area contributed by atoms with Crippen LogP contribution < -0.4 is 16.5 Å². The van der Waals surface area contributed by atoms with Crippen LogP contribution in [0.5, 0.6) is 0 Å². The molecule has 3 rings (SSSR count). The van der Waals surface area contributed by atoms with E-state index >= 15 is 0 Å². The van der Waals surface area contributed by atoms with Crippen LogP contribution in [-0.4, -0.2) is 5.84 Å². The Morgan fingerprint density at radius 1 is 1.53 bits per heavy atom. The highest BCUT2D eigenvalue weighted by Gasteiger charge is 2.43. The van der Waals surface area contributed by atoms with Crippen LogP contribution in [0.3, 0.4) is 0 Å². The Kier molecular flexibility index (Phi) is 2.16. The summed E-state index contributed by atoms with van der Waals surface area (Å²) in [5, 5.41) is 4.13. The molecule has 15 heavy (non-hydrogen) atoms. The summed E-state index contributed by atoms with van der Waals surface area (Å²) in [4.78, 5) is 0. The zero-order chi connectivity index (χ0) is 10.3. The molecule has 0 saturated heterocycles. The maximum Gasteiger partial charge on any atom is 0.139 e. The van der Waals surface area contributed by atoms with E-state index in [0.29, 0.717) is 0 Å². The number of nitrogens with zero attached hydrogens (tertiary/aromatic N) is 1. The average Bonchev–Trinajstić information content (AvgIpc) is 2.82. The van der Waals surface area contributed by atoms with Gasteiger partial charge < -0.3 is 0 Å². The smallest absolute Gasteiger partial charge is 0.139 e. The van der Waals surface area contributed by atoms with E-state index < -0.39 is 0 Å². The first kappa shape index (κ1) is 9.21. The Labute approximate surface area is 90.1 Å². The molecule has 3 unspecified atom stereocenters. The summed E-state index contributed by atoms with van der Waals surface area (Å²) in [6.45, 7) is 2.27. The standard InChI is InChI=1S/C11H18N4/c1-2-7-3-8-5-9(10(8)4-7)6-11-12-14-15-13-11/h4,8-10,14-15H,2-3,5-6H2,1H3,(H,12,13). The van der Waals surface area contributed by atoms with E-state index in [1.165, 1.54) is 19.3 Å². The first-order chi connectivity index (χ1) is 7.36. The van der Waals surface area contributed by atoms with Crippen LogP contribution in [0.15, 0.2) is 16.8 Å². The number of rotatable bonds is 3. The quantitative estimate of drug-likeness (QED) is 0.610. The minimum Gasteiger partial charge on any atom is -0.289 e. The molecule has 0 aromatic heterocycles. The predicted molar refractivity (Wildman–Crippen MR) is 59.5 cm³/mol. The Hall–Kier alpha value is -1.03. The normalized spacial score (nSPS) is 37.3. The molecule has 0 bridgehead atoms. The number of allylic oxidation sites excluding steroid dienone is 2. The van der Waals surface area contributed by atoms with Crippen molar-refractivity contribution in [3.63, 3.8) is 0 Å². The van der Waals surface area contributed by atoms with Gasteiger partial charge in [-0.25, -0.2) is 5.53 Å². The second kappa shape index (κ2) is 3.52. The largest absolute Gasteiger partial charge is 0.289 e. The van der Waals surface area contributed by atoms with Crippen molar-refractivity contribution < 1.29 is 0 Å². The van der Waals surface area contributed by atoms with Crippen LogP contribution in [0.4, 0.5) is 0 Å².